The third-order valence-corrected chi connectivity index (χ3v) is 0.621. The lowest BCUT2D eigenvalue weighted by atomic mass is 10.7. The standard InChI is InChI=1S/C5H6N2.ClH2NO2S/c1-2-6-4-5-7-3-1;1-5(2,3)4/h1-6H;(H2,2,3,4). The SMILES string of the molecule is C1=CNC=CN=C1.NS(=O)(=O)Cl. The Bertz CT molecular complexity index is 272. The maximum absolute atomic E-state index is 9.18. The van der Waals surface area contributed by atoms with E-state index in [9.17, 15) is 8.42 Å². The first-order valence-electron chi connectivity index (χ1n) is 2.82. The smallest absolute Gasteiger partial charge is 0.294 e. The van der Waals surface area contributed by atoms with Gasteiger partial charge in [-0.1, -0.05) is 0 Å². The zero-order chi connectivity index (χ0) is 9.45. The fraction of sp³-hybridized carbons (Fsp3) is 0. The highest BCUT2D eigenvalue weighted by Crippen LogP contribution is 1.77. The molecular formula is C5H8ClN3O2S. The van der Waals surface area contributed by atoms with E-state index in [-0.39, 0.29) is 0 Å². The minimum absolute atomic E-state index is 1.69. The summed E-state index contributed by atoms with van der Waals surface area (Å²) in [5.74, 6) is 0. The van der Waals surface area contributed by atoms with Crippen molar-refractivity contribution < 1.29 is 8.42 Å². The second-order valence-electron chi connectivity index (χ2n) is 1.62. The predicted molar refractivity (Wildman–Crippen MR) is 48.9 cm³/mol. The maximum Gasteiger partial charge on any atom is 0.294 e. The van der Waals surface area contributed by atoms with Crippen LogP contribution in [0.1, 0.15) is 0 Å². The van der Waals surface area contributed by atoms with Crippen molar-refractivity contribution in [3.05, 3.63) is 24.7 Å². The van der Waals surface area contributed by atoms with Crippen LogP contribution in [0.3, 0.4) is 0 Å². The van der Waals surface area contributed by atoms with Gasteiger partial charge in [0.25, 0.3) is 9.24 Å². The first kappa shape index (κ1) is 11.2. The molecule has 0 aromatic rings. The van der Waals surface area contributed by atoms with Crippen LogP contribution in [0.4, 0.5) is 0 Å². The molecule has 0 radical (unpaired) electrons. The zero-order valence-electron chi connectivity index (χ0n) is 6.01. The lowest BCUT2D eigenvalue weighted by Gasteiger charge is -1.78. The van der Waals surface area contributed by atoms with Crippen molar-refractivity contribution >= 4 is 26.1 Å². The lowest BCUT2D eigenvalue weighted by molar-refractivity contribution is 0.611. The van der Waals surface area contributed by atoms with E-state index in [0.29, 0.717) is 0 Å². The normalized spacial score (nSPS) is 14.2. The van der Waals surface area contributed by atoms with Gasteiger partial charge in [0.05, 0.1) is 0 Å². The van der Waals surface area contributed by atoms with Crippen molar-refractivity contribution in [3.63, 3.8) is 0 Å². The van der Waals surface area contributed by atoms with Gasteiger partial charge in [-0.3, -0.25) is 4.99 Å². The van der Waals surface area contributed by atoms with Gasteiger partial charge in [-0.2, -0.15) is 8.42 Å². The molecule has 5 nitrogen and oxygen atoms in total. The van der Waals surface area contributed by atoms with Crippen LogP contribution >= 0.6 is 10.7 Å². The second kappa shape index (κ2) is 5.76. The molecule has 7 heteroatoms. The average Bonchev–Trinajstić information content (AvgIpc) is 2.10. The third kappa shape index (κ3) is 16.1. The molecule has 1 aliphatic heterocycles. The number of nitrogens with zero attached hydrogens (tertiary/aromatic N) is 1. The summed E-state index contributed by atoms with van der Waals surface area (Å²) in [6.07, 6.45) is 8.82. The van der Waals surface area contributed by atoms with E-state index < -0.39 is 9.24 Å². The quantitative estimate of drug-likeness (QED) is 0.554. The van der Waals surface area contributed by atoms with Crippen molar-refractivity contribution in [1.29, 1.82) is 0 Å². The van der Waals surface area contributed by atoms with Crippen LogP contribution in [-0.2, 0) is 9.24 Å². The summed E-state index contributed by atoms with van der Waals surface area (Å²) in [4.78, 5) is 3.82. The molecule has 0 aliphatic carbocycles. The summed E-state index contributed by atoms with van der Waals surface area (Å²) in [6, 6.07) is 0. The molecule has 0 amide bonds. The molecule has 0 spiro atoms. The van der Waals surface area contributed by atoms with Crippen molar-refractivity contribution in [1.82, 2.24) is 5.32 Å². The van der Waals surface area contributed by atoms with Crippen LogP contribution in [0.25, 0.3) is 0 Å². The van der Waals surface area contributed by atoms with Gasteiger partial charge in [-0.25, -0.2) is 5.14 Å². The second-order valence-corrected chi connectivity index (χ2v) is 3.86. The van der Waals surface area contributed by atoms with Gasteiger partial charge in [0, 0.05) is 35.5 Å². The molecule has 0 bridgehead atoms. The minimum atomic E-state index is -3.69. The number of hydrogen-bond donors (Lipinski definition) is 2. The van der Waals surface area contributed by atoms with Crippen LogP contribution in [0.5, 0.6) is 0 Å². The van der Waals surface area contributed by atoms with Crippen LogP contribution in [0.15, 0.2) is 29.7 Å². The summed E-state index contributed by atoms with van der Waals surface area (Å²) in [5, 5.41) is 6.95. The van der Waals surface area contributed by atoms with Gasteiger partial charge in [-0.15, -0.1) is 0 Å². The number of nitrogens with two attached hydrogens (primary N) is 1. The molecule has 0 saturated carbocycles. The minimum Gasteiger partial charge on any atom is -0.366 e. The van der Waals surface area contributed by atoms with E-state index in [0.717, 1.165) is 0 Å². The maximum atomic E-state index is 9.18. The molecule has 68 valence electrons. The largest absolute Gasteiger partial charge is 0.366 e. The predicted octanol–water partition coefficient (Wildman–Crippen LogP) is 0.0740. The molecule has 1 heterocycles. The van der Waals surface area contributed by atoms with Crippen LogP contribution in [0, 0.1) is 0 Å². The van der Waals surface area contributed by atoms with E-state index in [1.165, 1.54) is 0 Å². The number of rotatable bonds is 0. The van der Waals surface area contributed by atoms with E-state index in [2.05, 4.69) is 26.1 Å². The van der Waals surface area contributed by atoms with E-state index >= 15 is 0 Å². The van der Waals surface area contributed by atoms with Crippen molar-refractivity contribution in [2.45, 2.75) is 0 Å². The molecule has 3 N–H and O–H groups in total. The molecule has 0 unspecified atom stereocenters. The van der Waals surface area contributed by atoms with Gasteiger partial charge in [0.15, 0.2) is 0 Å². The summed E-state index contributed by atoms with van der Waals surface area (Å²) in [7, 11) is 0.586. The van der Waals surface area contributed by atoms with E-state index in [1.807, 2.05) is 12.3 Å². The first-order chi connectivity index (χ1) is 5.50. The molecule has 0 fully saturated rings. The number of nitrogens with one attached hydrogen (secondary N) is 1. The molecule has 0 atom stereocenters. The first-order valence-corrected chi connectivity index (χ1v) is 5.19. The van der Waals surface area contributed by atoms with E-state index in [1.54, 1.807) is 18.6 Å². The molecule has 1 rings (SSSR count). The van der Waals surface area contributed by atoms with Gasteiger partial charge in [0.1, 0.15) is 0 Å². The molecular weight excluding hydrogens is 202 g/mol. The van der Waals surface area contributed by atoms with Gasteiger partial charge >= 0.3 is 0 Å². The lowest BCUT2D eigenvalue weighted by Crippen LogP contribution is -2.00. The van der Waals surface area contributed by atoms with Crippen molar-refractivity contribution in [2.75, 3.05) is 0 Å². The molecule has 0 saturated heterocycles. The molecule has 1 aliphatic rings. The van der Waals surface area contributed by atoms with E-state index in [4.69, 9.17) is 0 Å². The van der Waals surface area contributed by atoms with Crippen LogP contribution in [-0.4, -0.2) is 14.6 Å². The Morgan fingerprint density at radius 1 is 1.42 bits per heavy atom. The van der Waals surface area contributed by atoms with Crippen LogP contribution < -0.4 is 10.5 Å². The van der Waals surface area contributed by atoms with Gasteiger partial charge in [-0.05, 0) is 6.08 Å². The summed E-state index contributed by atoms with van der Waals surface area (Å²) < 4.78 is 18.4. The molecule has 0 aromatic carbocycles. The number of allylic oxidation sites excluding steroid dienone is 1. The molecule has 0 aromatic heterocycles. The Morgan fingerprint density at radius 2 is 2.00 bits per heavy atom. The molecule has 12 heavy (non-hydrogen) atoms. The Morgan fingerprint density at radius 3 is 2.58 bits per heavy atom. The van der Waals surface area contributed by atoms with Crippen molar-refractivity contribution in [3.8, 4) is 0 Å². The fourth-order valence-electron chi connectivity index (χ4n) is 0.340. The Labute approximate surface area is 75.2 Å². The number of aliphatic imine (C=N–C) groups is 1. The highest BCUT2D eigenvalue weighted by Gasteiger charge is 1.83. The highest BCUT2D eigenvalue weighted by atomic mass is 35.7. The Balaban J connectivity index is 0.000000217. The highest BCUT2D eigenvalue weighted by molar-refractivity contribution is 8.11. The monoisotopic (exact) mass is 209 g/mol. The summed E-state index contributed by atoms with van der Waals surface area (Å²) in [6.45, 7) is 0. The number of halogens is 1. The van der Waals surface area contributed by atoms with Gasteiger partial charge < -0.3 is 5.32 Å². The topological polar surface area (TPSA) is 84.5 Å². The third-order valence-electron chi connectivity index (χ3n) is 0.621. The Hall–Kier alpha value is -0.850. The van der Waals surface area contributed by atoms with Gasteiger partial charge in [0.2, 0.25) is 0 Å². The summed E-state index contributed by atoms with van der Waals surface area (Å²) >= 11 is 0. The number of hydrogen-bond acceptors (Lipinski definition) is 4. The average molecular weight is 210 g/mol. The van der Waals surface area contributed by atoms with Crippen molar-refractivity contribution in [2.24, 2.45) is 10.1 Å². The zero-order valence-corrected chi connectivity index (χ0v) is 7.59. The fourth-order valence-corrected chi connectivity index (χ4v) is 0.340. The summed E-state index contributed by atoms with van der Waals surface area (Å²) in [5.41, 5.74) is 0. The Kier molecular flexibility index (Phi) is 5.35. The van der Waals surface area contributed by atoms with Crippen LogP contribution in [0.2, 0.25) is 0 Å².